The lowest BCUT2D eigenvalue weighted by Crippen LogP contribution is -2.55. The highest BCUT2D eigenvalue weighted by Gasteiger charge is 2.61. The second kappa shape index (κ2) is 9.93. The summed E-state index contributed by atoms with van der Waals surface area (Å²) < 4.78 is 5.96. The molecule has 5 aliphatic carbocycles. The first-order valence-electron chi connectivity index (χ1n) is 15.9. The van der Waals surface area contributed by atoms with Crippen molar-refractivity contribution in [1.82, 2.24) is 0 Å². The summed E-state index contributed by atoms with van der Waals surface area (Å²) in [6, 6.07) is 0. The van der Waals surface area contributed by atoms with Gasteiger partial charge in [0.1, 0.15) is 6.10 Å². The van der Waals surface area contributed by atoms with E-state index < -0.39 is 0 Å². The number of esters is 1. The van der Waals surface area contributed by atoms with Crippen molar-refractivity contribution in [3.8, 4) is 0 Å². The maximum absolute atomic E-state index is 12.2. The molecule has 2 fully saturated rings. The Morgan fingerprint density at radius 3 is 2.45 bits per heavy atom. The van der Waals surface area contributed by atoms with Crippen molar-refractivity contribution in [3.05, 3.63) is 34.4 Å². The van der Waals surface area contributed by atoms with Gasteiger partial charge in [0.05, 0.1) is 6.54 Å². The zero-order valence-electron chi connectivity index (χ0n) is 25.6. The summed E-state index contributed by atoms with van der Waals surface area (Å²) in [5.74, 6) is 3.29. The summed E-state index contributed by atoms with van der Waals surface area (Å²) in [5, 5.41) is 0. The van der Waals surface area contributed by atoms with Crippen molar-refractivity contribution in [1.29, 1.82) is 0 Å². The SMILES string of the molecule is C=C(CCC[C@H]1CC(C)=C2C3=C(C(C4CC4)CC21C)C1(C)CCC(OC(=O)CN)C(C)(C)C1CC3)C(C)C. The number of fused-ring (bicyclic) bond motifs is 4. The highest BCUT2D eigenvalue weighted by atomic mass is 16.5. The Hall–Kier alpha value is -1.35. The normalized spacial score (nSPS) is 38.1. The molecule has 0 radical (unpaired) electrons. The Bertz CT molecular complexity index is 1040. The minimum atomic E-state index is -0.249. The van der Waals surface area contributed by atoms with E-state index in [0.717, 1.165) is 30.6 Å². The molecule has 0 amide bonds. The van der Waals surface area contributed by atoms with Crippen LogP contribution in [0.2, 0.25) is 0 Å². The third-order valence-corrected chi connectivity index (χ3v) is 12.3. The lowest BCUT2D eigenvalue weighted by Gasteiger charge is -2.61. The van der Waals surface area contributed by atoms with Gasteiger partial charge in [-0.15, -0.1) is 0 Å². The van der Waals surface area contributed by atoms with Crippen LogP contribution in [0.4, 0.5) is 0 Å². The molecule has 6 atom stereocenters. The number of carbonyl (C=O) groups is 1. The average molecular weight is 522 g/mol. The van der Waals surface area contributed by atoms with Gasteiger partial charge in [-0.2, -0.15) is 0 Å². The first-order valence-corrected chi connectivity index (χ1v) is 15.9. The lowest BCUT2D eigenvalue weighted by molar-refractivity contribution is -0.168. The van der Waals surface area contributed by atoms with Crippen molar-refractivity contribution in [2.75, 3.05) is 6.54 Å². The van der Waals surface area contributed by atoms with Crippen LogP contribution in [0.1, 0.15) is 119 Å². The zero-order chi connectivity index (χ0) is 27.6. The first-order chi connectivity index (χ1) is 17.8. The van der Waals surface area contributed by atoms with Crippen molar-refractivity contribution >= 4 is 5.97 Å². The highest BCUT2D eigenvalue weighted by Crippen LogP contribution is 2.70. The molecule has 2 saturated carbocycles. The van der Waals surface area contributed by atoms with Gasteiger partial charge in [-0.25, -0.2) is 0 Å². The standard InChI is InChI=1S/C35H55NO2/c1-21(2)22(3)10-9-11-25-18-23(4)31-26-14-15-28-33(5,6)29(38-30(37)20-36)16-17-34(28,7)32(26)27(24-12-13-24)19-35(25,31)8/h21,24-25,27-29H,3,9-20,36H2,1-2,4-8H3/t25-,27?,28?,29?,34?,35?/m0/s1. The summed E-state index contributed by atoms with van der Waals surface area (Å²) >= 11 is 0. The number of ether oxygens (including phenoxy) is 1. The Labute approximate surface area is 233 Å². The van der Waals surface area contributed by atoms with Gasteiger partial charge in [0.2, 0.25) is 0 Å². The number of allylic oxidation sites excluding steroid dienone is 5. The fourth-order valence-corrected chi connectivity index (χ4v) is 10.1. The average Bonchev–Trinajstić information content (AvgIpc) is 3.66. The predicted octanol–water partition coefficient (Wildman–Crippen LogP) is 8.54. The van der Waals surface area contributed by atoms with Crippen LogP contribution >= 0.6 is 0 Å². The molecule has 38 heavy (non-hydrogen) atoms. The molecule has 5 rings (SSSR count). The number of carbonyl (C=O) groups excluding carboxylic acids is 1. The van der Waals surface area contributed by atoms with Gasteiger partial charge >= 0.3 is 5.97 Å². The van der Waals surface area contributed by atoms with Crippen LogP contribution in [0.25, 0.3) is 0 Å². The summed E-state index contributed by atoms with van der Waals surface area (Å²) in [7, 11) is 0. The van der Waals surface area contributed by atoms with Gasteiger partial charge in [0, 0.05) is 5.41 Å². The smallest absolute Gasteiger partial charge is 0.319 e. The molecule has 5 aliphatic rings. The van der Waals surface area contributed by atoms with Crippen LogP contribution in [-0.2, 0) is 9.53 Å². The molecule has 2 N–H and O–H groups in total. The molecular formula is C35H55NO2. The molecule has 0 heterocycles. The molecule has 0 aromatic rings. The van der Waals surface area contributed by atoms with Crippen LogP contribution in [0.3, 0.4) is 0 Å². The largest absolute Gasteiger partial charge is 0.461 e. The van der Waals surface area contributed by atoms with E-state index in [2.05, 4.69) is 55.0 Å². The highest BCUT2D eigenvalue weighted by molar-refractivity contribution is 5.71. The maximum Gasteiger partial charge on any atom is 0.319 e. The first kappa shape index (κ1) is 28.2. The Kier molecular flexibility index (Phi) is 7.37. The lowest BCUT2D eigenvalue weighted by atomic mass is 9.44. The van der Waals surface area contributed by atoms with Crippen LogP contribution in [-0.4, -0.2) is 18.6 Å². The molecule has 0 aromatic heterocycles. The van der Waals surface area contributed by atoms with Crippen molar-refractivity contribution in [2.24, 2.45) is 51.6 Å². The topological polar surface area (TPSA) is 52.3 Å². The van der Waals surface area contributed by atoms with Gasteiger partial charge in [0.15, 0.2) is 0 Å². The van der Waals surface area contributed by atoms with E-state index in [9.17, 15) is 4.79 Å². The molecule has 5 unspecified atom stereocenters. The summed E-state index contributed by atoms with van der Waals surface area (Å²) in [6.45, 7) is 21.4. The number of nitrogens with two attached hydrogens (primary N) is 1. The molecular weight excluding hydrogens is 466 g/mol. The second-order valence-electron chi connectivity index (χ2n) is 15.3. The molecule has 0 spiro atoms. The fraction of sp³-hybridized carbons (Fsp3) is 0.800. The molecule has 3 nitrogen and oxygen atoms in total. The monoisotopic (exact) mass is 521 g/mol. The number of hydrogen-bond donors (Lipinski definition) is 1. The van der Waals surface area contributed by atoms with Crippen molar-refractivity contribution in [2.45, 2.75) is 125 Å². The van der Waals surface area contributed by atoms with E-state index in [1.165, 1.54) is 63.4 Å². The predicted molar refractivity (Wildman–Crippen MR) is 157 cm³/mol. The maximum atomic E-state index is 12.2. The molecule has 0 aliphatic heterocycles. The zero-order valence-corrected chi connectivity index (χ0v) is 25.6. The molecule has 212 valence electrons. The van der Waals surface area contributed by atoms with Gasteiger partial charge in [0.25, 0.3) is 0 Å². The van der Waals surface area contributed by atoms with Gasteiger partial charge < -0.3 is 10.5 Å². The molecule has 0 saturated heterocycles. The minimum Gasteiger partial charge on any atom is -0.461 e. The molecule has 0 bridgehead atoms. The van der Waals surface area contributed by atoms with Crippen LogP contribution in [0.15, 0.2) is 34.4 Å². The minimum absolute atomic E-state index is 0.0215. The number of hydrogen-bond acceptors (Lipinski definition) is 3. The van der Waals surface area contributed by atoms with E-state index in [-0.39, 0.29) is 29.4 Å². The van der Waals surface area contributed by atoms with Crippen molar-refractivity contribution in [3.63, 3.8) is 0 Å². The Morgan fingerprint density at radius 1 is 1.11 bits per heavy atom. The molecule has 3 heteroatoms. The van der Waals surface area contributed by atoms with Crippen LogP contribution in [0.5, 0.6) is 0 Å². The van der Waals surface area contributed by atoms with Gasteiger partial charge in [-0.05, 0) is 129 Å². The van der Waals surface area contributed by atoms with Crippen LogP contribution < -0.4 is 5.73 Å². The second-order valence-corrected chi connectivity index (χ2v) is 15.3. The van der Waals surface area contributed by atoms with Crippen molar-refractivity contribution < 1.29 is 9.53 Å². The van der Waals surface area contributed by atoms with E-state index in [0.29, 0.717) is 17.3 Å². The summed E-state index contributed by atoms with van der Waals surface area (Å²) in [4.78, 5) is 12.2. The Balaban J connectivity index is 1.47. The van der Waals surface area contributed by atoms with E-state index in [1.54, 1.807) is 16.7 Å². The third kappa shape index (κ3) is 4.47. The summed E-state index contributed by atoms with van der Waals surface area (Å²) in [5.41, 5.74) is 14.7. The Morgan fingerprint density at radius 2 is 1.82 bits per heavy atom. The fourth-order valence-electron chi connectivity index (χ4n) is 10.1. The van der Waals surface area contributed by atoms with E-state index in [1.807, 2.05) is 5.57 Å². The quantitative estimate of drug-likeness (QED) is 0.257. The van der Waals surface area contributed by atoms with Crippen LogP contribution in [0, 0.1) is 45.8 Å². The van der Waals surface area contributed by atoms with Gasteiger partial charge in [-0.3, -0.25) is 4.79 Å². The third-order valence-electron chi connectivity index (χ3n) is 12.3. The van der Waals surface area contributed by atoms with E-state index >= 15 is 0 Å². The van der Waals surface area contributed by atoms with E-state index in [4.69, 9.17) is 10.5 Å². The van der Waals surface area contributed by atoms with Gasteiger partial charge in [-0.1, -0.05) is 64.8 Å². The molecule has 0 aromatic carbocycles. The summed E-state index contributed by atoms with van der Waals surface area (Å²) in [6.07, 6.45) is 13.8. The number of rotatable bonds is 8.